The highest BCUT2D eigenvalue weighted by Crippen LogP contribution is 2.26. The van der Waals surface area contributed by atoms with Crippen molar-refractivity contribution in [3.05, 3.63) is 63.7 Å². The van der Waals surface area contributed by atoms with Crippen molar-refractivity contribution in [2.75, 3.05) is 0 Å². The summed E-state index contributed by atoms with van der Waals surface area (Å²) in [5.41, 5.74) is 3.32. The lowest BCUT2D eigenvalue weighted by atomic mass is 10.1. The zero-order valence-electron chi connectivity index (χ0n) is 11.6. The van der Waals surface area contributed by atoms with Crippen LogP contribution in [-0.4, -0.2) is 19.5 Å². The molecule has 0 aliphatic heterocycles. The van der Waals surface area contributed by atoms with Gasteiger partial charge in [0.05, 0.1) is 11.4 Å². The van der Waals surface area contributed by atoms with Gasteiger partial charge < -0.3 is 9.55 Å². The van der Waals surface area contributed by atoms with Gasteiger partial charge >= 0.3 is 0 Å². The molecule has 0 saturated carbocycles. The van der Waals surface area contributed by atoms with Gasteiger partial charge in [-0.1, -0.05) is 11.6 Å². The number of nitrogens with zero attached hydrogens (tertiary/aromatic N) is 3. The van der Waals surface area contributed by atoms with Gasteiger partial charge in [-0.25, -0.2) is 9.97 Å². The number of aromatic nitrogens is 4. The van der Waals surface area contributed by atoms with Crippen LogP contribution >= 0.6 is 11.6 Å². The zero-order valence-corrected chi connectivity index (χ0v) is 12.3. The molecule has 106 valence electrons. The molecule has 3 aromatic heterocycles. The molecule has 21 heavy (non-hydrogen) atoms. The first-order valence-corrected chi connectivity index (χ1v) is 6.81. The first-order valence-electron chi connectivity index (χ1n) is 6.43. The van der Waals surface area contributed by atoms with Gasteiger partial charge in [-0.2, -0.15) is 0 Å². The number of imidazole rings is 1. The number of H-pyrrole nitrogens is 1. The number of rotatable bonds is 2. The Bertz CT molecular complexity index is 866. The van der Waals surface area contributed by atoms with Crippen molar-refractivity contribution >= 4 is 11.6 Å². The number of halogens is 1. The number of hydrogen-bond acceptors (Lipinski definition) is 3. The Balaban J connectivity index is 2.19. The minimum absolute atomic E-state index is 0.145. The van der Waals surface area contributed by atoms with Crippen LogP contribution in [0.2, 0.25) is 5.15 Å². The van der Waals surface area contributed by atoms with E-state index in [2.05, 4.69) is 15.0 Å². The Morgan fingerprint density at radius 1 is 1.24 bits per heavy atom. The molecule has 0 unspecified atom stereocenters. The fraction of sp³-hybridized carbons (Fsp3) is 0.133. The molecule has 3 aromatic rings. The van der Waals surface area contributed by atoms with Crippen molar-refractivity contribution in [1.82, 2.24) is 19.5 Å². The number of aryl methyl sites for hydroxylation is 1. The van der Waals surface area contributed by atoms with Gasteiger partial charge in [0, 0.05) is 29.7 Å². The predicted molar refractivity (Wildman–Crippen MR) is 81.9 cm³/mol. The zero-order chi connectivity index (χ0) is 15.0. The number of nitrogens with one attached hydrogen (secondary N) is 1. The van der Waals surface area contributed by atoms with Crippen LogP contribution in [0.3, 0.4) is 0 Å². The average Bonchev–Trinajstić information content (AvgIpc) is 2.74. The van der Waals surface area contributed by atoms with Crippen LogP contribution in [0.5, 0.6) is 0 Å². The minimum atomic E-state index is -0.145. The minimum Gasteiger partial charge on any atom is -0.329 e. The molecule has 0 amide bonds. The summed E-state index contributed by atoms with van der Waals surface area (Å²) < 4.78 is 1.94. The summed E-state index contributed by atoms with van der Waals surface area (Å²) in [6, 6.07) is 7.03. The molecule has 3 rings (SSSR count). The lowest BCUT2D eigenvalue weighted by molar-refractivity contribution is 0.933. The lowest BCUT2D eigenvalue weighted by Crippen LogP contribution is -2.07. The quantitative estimate of drug-likeness (QED) is 0.740. The Morgan fingerprint density at radius 2 is 2.05 bits per heavy atom. The van der Waals surface area contributed by atoms with E-state index >= 15 is 0 Å². The SMILES string of the molecule is Cc1nc(-c2ccnc(Cl)c2)c(C)n1-c1cc[nH]c(=O)c1. The normalized spacial score (nSPS) is 10.8. The van der Waals surface area contributed by atoms with Crippen LogP contribution in [0.4, 0.5) is 0 Å². The summed E-state index contributed by atoms with van der Waals surface area (Å²) in [6.07, 6.45) is 3.28. The van der Waals surface area contributed by atoms with Gasteiger partial charge in [0.15, 0.2) is 0 Å². The maximum Gasteiger partial charge on any atom is 0.250 e. The van der Waals surface area contributed by atoms with E-state index < -0.39 is 0 Å². The fourth-order valence-corrected chi connectivity index (χ4v) is 2.59. The van der Waals surface area contributed by atoms with E-state index in [4.69, 9.17) is 11.6 Å². The second kappa shape index (κ2) is 5.18. The molecule has 0 fully saturated rings. The topological polar surface area (TPSA) is 63.6 Å². The third kappa shape index (κ3) is 2.48. The molecule has 0 atom stereocenters. The second-order valence-electron chi connectivity index (χ2n) is 4.71. The van der Waals surface area contributed by atoms with E-state index in [0.717, 1.165) is 28.5 Å². The summed E-state index contributed by atoms with van der Waals surface area (Å²) in [4.78, 5) is 22.7. The molecule has 0 radical (unpaired) electrons. The van der Waals surface area contributed by atoms with Gasteiger partial charge in [0.2, 0.25) is 5.56 Å². The third-order valence-electron chi connectivity index (χ3n) is 3.29. The summed E-state index contributed by atoms with van der Waals surface area (Å²) in [5.74, 6) is 0.807. The van der Waals surface area contributed by atoms with Gasteiger partial charge in [0.25, 0.3) is 0 Å². The van der Waals surface area contributed by atoms with E-state index in [1.54, 1.807) is 24.5 Å². The highest BCUT2D eigenvalue weighted by molar-refractivity contribution is 6.29. The molecular weight excluding hydrogens is 288 g/mol. The van der Waals surface area contributed by atoms with Gasteiger partial charge in [-0.3, -0.25) is 4.79 Å². The molecule has 0 spiro atoms. The molecule has 5 nitrogen and oxygen atoms in total. The first-order chi connectivity index (χ1) is 10.1. The molecule has 3 heterocycles. The van der Waals surface area contributed by atoms with Gasteiger partial charge in [-0.15, -0.1) is 0 Å². The molecule has 1 N–H and O–H groups in total. The van der Waals surface area contributed by atoms with E-state index in [1.165, 1.54) is 0 Å². The first kappa shape index (κ1) is 13.6. The van der Waals surface area contributed by atoms with Crippen molar-refractivity contribution in [3.8, 4) is 16.9 Å². The largest absolute Gasteiger partial charge is 0.329 e. The fourth-order valence-electron chi connectivity index (χ4n) is 2.42. The van der Waals surface area contributed by atoms with Gasteiger partial charge in [0.1, 0.15) is 11.0 Å². The second-order valence-corrected chi connectivity index (χ2v) is 5.09. The highest BCUT2D eigenvalue weighted by Gasteiger charge is 2.14. The van der Waals surface area contributed by atoms with Crippen molar-refractivity contribution in [2.45, 2.75) is 13.8 Å². The Morgan fingerprint density at radius 3 is 2.76 bits per heavy atom. The van der Waals surface area contributed by atoms with Crippen molar-refractivity contribution in [3.63, 3.8) is 0 Å². The maximum absolute atomic E-state index is 11.5. The van der Waals surface area contributed by atoms with E-state index in [9.17, 15) is 4.79 Å². The number of hydrogen-bond donors (Lipinski definition) is 1. The van der Waals surface area contributed by atoms with Crippen LogP contribution in [0.25, 0.3) is 16.9 Å². The number of aromatic amines is 1. The van der Waals surface area contributed by atoms with E-state index in [-0.39, 0.29) is 5.56 Å². The van der Waals surface area contributed by atoms with E-state index in [1.807, 2.05) is 30.5 Å². The molecule has 0 saturated heterocycles. The highest BCUT2D eigenvalue weighted by atomic mass is 35.5. The molecule has 0 bridgehead atoms. The smallest absolute Gasteiger partial charge is 0.250 e. The molecule has 6 heteroatoms. The van der Waals surface area contributed by atoms with Crippen LogP contribution in [0.15, 0.2) is 41.5 Å². The van der Waals surface area contributed by atoms with Crippen molar-refractivity contribution < 1.29 is 0 Å². The third-order valence-corrected chi connectivity index (χ3v) is 3.50. The molecule has 0 aromatic carbocycles. The van der Waals surface area contributed by atoms with Crippen LogP contribution < -0.4 is 5.56 Å². The summed E-state index contributed by atoms with van der Waals surface area (Å²) >= 11 is 5.94. The lowest BCUT2D eigenvalue weighted by Gasteiger charge is -2.07. The average molecular weight is 301 g/mol. The van der Waals surface area contributed by atoms with Crippen LogP contribution in [-0.2, 0) is 0 Å². The standard InChI is InChI=1S/C15H13ClN4O/c1-9-15(11-3-5-17-13(16)7-11)19-10(2)20(9)12-4-6-18-14(21)8-12/h3-8H,1-2H3,(H,18,21). The van der Waals surface area contributed by atoms with Crippen LogP contribution in [0.1, 0.15) is 11.5 Å². The Kier molecular flexibility index (Phi) is 3.35. The summed E-state index contributed by atoms with van der Waals surface area (Å²) in [5, 5.41) is 0.426. The number of pyridine rings is 2. The van der Waals surface area contributed by atoms with Crippen molar-refractivity contribution in [2.24, 2.45) is 0 Å². The van der Waals surface area contributed by atoms with E-state index in [0.29, 0.717) is 5.15 Å². The molecular formula is C15H13ClN4O. The molecule has 0 aliphatic rings. The predicted octanol–water partition coefficient (Wildman–Crippen LogP) is 2.89. The van der Waals surface area contributed by atoms with Crippen molar-refractivity contribution in [1.29, 1.82) is 0 Å². The summed E-state index contributed by atoms with van der Waals surface area (Å²) in [6.45, 7) is 3.87. The maximum atomic E-state index is 11.5. The Hall–Kier alpha value is -2.40. The summed E-state index contributed by atoms with van der Waals surface area (Å²) in [7, 11) is 0. The van der Waals surface area contributed by atoms with Crippen LogP contribution in [0, 0.1) is 13.8 Å². The Labute approximate surface area is 126 Å². The van der Waals surface area contributed by atoms with Gasteiger partial charge in [-0.05, 0) is 32.0 Å². The monoisotopic (exact) mass is 300 g/mol. The molecule has 0 aliphatic carbocycles.